The monoisotopic (exact) mass is 393 g/mol. The second-order valence-electron chi connectivity index (χ2n) is 7.52. The lowest BCUT2D eigenvalue weighted by Crippen LogP contribution is -2.40. The summed E-state index contributed by atoms with van der Waals surface area (Å²) in [6.45, 7) is 6.47. The Morgan fingerprint density at radius 1 is 1.18 bits per heavy atom. The standard InChI is InChI=1S/C21H35N3O4/c1-2-12-28-20(5-1)15-24-21(23-10-7-19-6-3-13-27-19)22-9-4-11-25-16-18-8-14-26-17-18/h3,6,13,18,20H,1-2,4-5,7-12,14-17H2,(H2,22,23,24). The molecular weight excluding hydrogens is 358 g/mol. The lowest BCUT2D eigenvalue weighted by atomic mass is 10.1. The Balaban J connectivity index is 1.33. The molecule has 2 saturated heterocycles. The van der Waals surface area contributed by atoms with Gasteiger partial charge in [-0.3, -0.25) is 4.99 Å². The van der Waals surface area contributed by atoms with Gasteiger partial charge in [0.25, 0.3) is 0 Å². The molecular formula is C21H35N3O4. The van der Waals surface area contributed by atoms with Crippen molar-refractivity contribution in [2.75, 3.05) is 52.7 Å². The maximum Gasteiger partial charge on any atom is 0.191 e. The second-order valence-corrected chi connectivity index (χ2v) is 7.52. The number of nitrogens with one attached hydrogen (secondary N) is 2. The summed E-state index contributed by atoms with van der Waals surface area (Å²) < 4.78 is 22.3. The summed E-state index contributed by atoms with van der Waals surface area (Å²) >= 11 is 0. The van der Waals surface area contributed by atoms with Gasteiger partial charge in [0.2, 0.25) is 0 Å². The van der Waals surface area contributed by atoms with E-state index in [4.69, 9.17) is 23.6 Å². The van der Waals surface area contributed by atoms with Gasteiger partial charge in [0.1, 0.15) is 5.76 Å². The summed E-state index contributed by atoms with van der Waals surface area (Å²) in [5.74, 6) is 2.39. The highest BCUT2D eigenvalue weighted by Crippen LogP contribution is 2.13. The number of rotatable bonds is 11. The van der Waals surface area contributed by atoms with Crippen molar-refractivity contribution >= 4 is 5.96 Å². The number of aliphatic imine (C=N–C) groups is 1. The largest absolute Gasteiger partial charge is 0.469 e. The van der Waals surface area contributed by atoms with Crippen LogP contribution in [0.15, 0.2) is 27.8 Å². The molecule has 0 radical (unpaired) electrons. The minimum atomic E-state index is 0.245. The number of furan rings is 1. The van der Waals surface area contributed by atoms with Gasteiger partial charge in [-0.25, -0.2) is 0 Å². The van der Waals surface area contributed by atoms with Gasteiger partial charge in [-0.1, -0.05) is 0 Å². The molecule has 2 aliphatic rings. The summed E-state index contributed by atoms with van der Waals surface area (Å²) in [7, 11) is 0. The van der Waals surface area contributed by atoms with Gasteiger partial charge in [0.15, 0.2) is 5.96 Å². The van der Waals surface area contributed by atoms with Crippen molar-refractivity contribution in [1.82, 2.24) is 10.6 Å². The molecule has 7 nitrogen and oxygen atoms in total. The van der Waals surface area contributed by atoms with E-state index in [1.54, 1.807) is 6.26 Å². The van der Waals surface area contributed by atoms with Crippen LogP contribution >= 0.6 is 0 Å². The van der Waals surface area contributed by atoms with Crippen LogP contribution in [0.4, 0.5) is 0 Å². The van der Waals surface area contributed by atoms with E-state index in [-0.39, 0.29) is 6.10 Å². The zero-order valence-electron chi connectivity index (χ0n) is 16.9. The molecule has 2 N–H and O–H groups in total. The van der Waals surface area contributed by atoms with Crippen LogP contribution in [-0.4, -0.2) is 64.7 Å². The van der Waals surface area contributed by atoms with Crippen molar-refractivity contribution in [2.45, 2.75) is 44.6 Å². The Labute approximate surface area is 168 Å². The van der Waals surface area contributed by atoms with Crippen LogP contribution in [0, 0.1) is 5.92 Å². The van der Waals surface area contributed by atoms with Gasteiger partial charge < -0.3 is 29.3 Å². The lowest BCUT2D eigenvalue weighted by molar-refractivity contribution is 0.0224. The van der Waals surface area contributed by atoms with Crippen molar-refractivity contribution < 1.29 is 18.6 Å². The topological polar surface area (TPSA) is 77.3 Å². The highest BCUT2D eigenvalue weighted by atomic mass is 16.5. The Morgan fingerprint density at radius 2 is 2.14 bits per heavy atom. The lowest BCUT2D eigenvalue weighted by Gasteiger charge is -2.21. The molecule has 1 aromatic heterocycles. The molecule has 2 aliphatic heterocycles. The maximum atomic E-state index is 5.79. The van der Waals surface area contributed by atoms with E-state index in [0.29, 0.717) is 12.5 Å². The molecule has 0 bridgehead atoms. The molecule has 0 aliphatic carbocycles. The fourth-order valence-electron chi connectivity index (χ4n) is 3.42. The molecule has 2 atom stereocenters. The molecule has 0 saturated carbocycles. The molecule has 0 spiro atoms. The zero-order valence-corrected chi connectivity index (χ0v) is 16.9. The normalized spacial score (nSPS) is 23.1. The summed E-state index contributed by atoms with van der Waals surface area (Å²) in [5.41, 5.74) is 0. The van der Waals surface area contributed by atoms with E-state index < -0.39 is 0 Å². The minimum Gasteiger partial charge on any atom is -0.469 e. The highest BCUT2D eigenvalue weighted by Gasteiger charge is 2.15. The first-order valence-electron chi connectivity index (χ1n) is 10.7. The molecule has 3 rings (SSSR count). The molecule has 0 aromatic carbocycles. The molecule has 1 aromatic rings. The second kappa shape index (κ2) is 12.8. The Kier molecular flexibility index (Phi) is 9.67. The van der Waals surface area contributed by atoms with Crippen LogP contribution < -0.4 is 10.6 Å². The molecule has 28 heavy (non-hydrogen) atoms. The molecule has 2 unspecified atom stereocenters. The summed E-state index contributed by atoms with van der Waals surface area (Å²) in [6, 6.07) is 3.91. The van der Waals surface area contributed by atoms with Crippen molar-refractivity contribution in [3.05, 3.63) is 24.2 Å². The first kappa shape index (κ1) is 21.1. The molecule has 158 valence electrons. The molecule has 7 heteroatoms. The third-order valence-corrected chi connectivity index (χ3v) is 5.11. The van der Waals surface area contributed by atoms with Gasteiger partial charge in [-0.05, 0) is 44.2 Å². The maximum absolute atomic E-state index is 5.79. The smallest absolute Gasteiger partial charge is 0.191 e. The van der Waals surface area contributed by atoms with Crippen molar-refractivity contribution in [3.8, 4) is 0 Å². The predicted molar refractivity (Wildman–Crippen MR) is 109 cm³/mol. The van der Waals surface area contributed by atoms with Crippen LogP contribution in [0.1, 0.15) is 37.9 Å². The van der Waals surface area contributed by atoms with Gasteiger partial charge in [0, 0.05) is 45.2 Å². The SMILES string of the molecule is c1coc(CCNC(=NCC2CCCCO2)NCCCOCC2CCOC2)c1. The van der Waals surface area contributed by atoms with Crippen LogP contribution in [0.3, 0.4) is 0 Å². The first-order chi connectivity index (χ1) is 13.9. The Morgan fingerprint density at radius 3 is 2.93 bits per heavy atom. The number of nitrogens with zero attached hydrogens (tertiary/aromatic N) is 1. The van der Waals surface area contributed by atoms with E-state index >= 15 is 0 Å². The van der Waals surface area contributed by atoms with Crippen molar-refractivity contribution in [1.29, 1.82) is 0 Å². The van der Waals surface area contributed by atoms with Gasteiger partial charge >= 0.3 is 0 Å². The van der Waals surface area contributed by atoms with Crippen molar-refractivity contribution in [3.63, 3.8) is 0 Å². The third kappa shape index (κ3) is 8.20. The van der Waals surface area contributed by atoms with E-state index in [9.17, 15) is 0 Å². The van der Waals surface area contributed by atoms with Gasteiger partial charge in [-0.15, -0.1) is 0 Å². The number of ether oxygens (including phenoxy) is 3. The summed E-state index contributed by atoms with van der Waals surface area (Å²) in [5, 5.41) is 6.82. The van der Waals surface area contributed by atoms with Crippen LogP contribution in [0.25, 0.3) is 0 Å². The number of guanidine groups is 1. The average molecular weight is 394 g/mol. The van der Waals surface area contributed by atoms with Gasteiger partial charge in [-0.2, -0.15) is 0 Å². The zero-order chi connectivity index (χ0) is 19.3. The van der Waals surface area contributed by atoms with E-state index in [1.165, 1.54) is 12.8 Å². The molecule has 2 fully saturated rings. The fraction of sp³-hybridized carbons (Fsp3) is 0.762. The van der Waals surface area contributed by atoms with Crippen LogP contribution in [0.2, 0.25) is 0 Å². The fourth-order valence-corrected chi connectivity index (χ4v) is 3.42. The molecule has 3 heterocycles. The third-order valence-electron chi connectivity index (χ3n) is 5.11. The summed E-state index contributed by atoms with van der Waals surface area (Å²) in [6.07, 6.45) is 8.36. The van der Waals surface area contributed by atoms with Crippen molar-refractivity contribution in [2.24, 2.45) is 10.9 Å². The van der Waals surface area contributed by atoms with Crippen LogP contribution in [-0.2, 0) is 20.6 Å². The number of hydrogen-bond donors (Lipinski definition) is 2. The Hall–Kier alpha value is -1.57. The quantitative estimate of drug-likeness (QED) is 0.341. The van der Waals surface area contributed by atoms with Crippen LogP contribution in [0.5, 0.6) is 0 Å². The summed E-state index contributed by atoms with van der Waals surface area (Å²) in [4.78, 5) is 4.73. The van der Waals surface area contributed by atoms with E-state index in [2.05, 4.69) is 10.6 Å². The van der Waals surface area contributed by atoms with E-state index in [0.717, 1.165) is 83.5 Å². The van der Waals surface area contributed by atoms with Gasteiger partial charge in [0.05, 0.1) is 32.1 Å². The Bertz CT molecular complexity index is 538. The molecule has 0 amide bonds. The predicted octanol–water partition coefficient (Wildman–Crippen LogP) is 2.37. The first-order valence-corrected chi connectivity index (χ1v) is 10.7. The average Bonchev–Trinajstić information content (AvgIpc) is 3.43. The highest BCUT2D eigenvalue weighted by molar-refractivity contribution is 5.79. The van der Waals surface area contributed by atoms with E-state index in [1.807, 2.05) is 12.1 Å². The minimum absolute atomic E-state index is 0.245. The number of hydrogen-bond acceptors (Lipinski definition) is 5.